The zero-order valence-corrected chi connectivity index (χ0v) is 8.98. The van der Waals surface area contributed by atoms with Crippen LogP contribution in [-0.4, -0.2) is 15.3 Å². The van der Waals surface area contributed by atoms with Crippen LogP contribution in [0.2, 0.25) is 0 Å². The van der Waals surface area contributed by atoms with E-state index in [1.165, 1.54) is 6.07 Å². The Kier molecular flexibility index (Phi) is 4.59. The van der Waals surface area contributed by atoms with E-state index >= 15 is 0 Å². The molecule has 84 valence electrons. The van der Waals surface area contributed by atoms with Crippen LogP contribution in [0.3, 0.4) is 0 Å². The number of benzene rings is 1. The van der Waals surface area contributed by atoms with Crippen molar-refractivity contribution in [1.29, 1.82) is 0 Å². The molecule has 0 aliphatic carbocycles. The van der Waals surface area contributed by atoms with Crippen LogP contribution in [0.5, 0.6) is 5.75 Å². The van der Waals surface area contributed by atoms with Crippen molar-refractivity contribution in [3.8, 4) is 5.75 Å². The standard InChI is InChI=1S/C12H18O3/c1-2-3-4-5-9-6-7-11(13)10(8-9)12(14)15/h6-8,12-15H,2-5H2,1H3. The van der Waals surface area contributed by atoms with Gasteiger partial charge in [-0.3, -0.25) is 0 Å². The monoisotopic (exact) mass is 210 g/mol. The summed E-state index contributed by atoms with van der Waals surface area (Å²) in [7, 11) is 0. The van der Waals surface area contributed by atoms with E-state index in [0.717, 1.165) is 31.2 Å². The minimum absolute atomic E-state index is 0.0655. The topological polar surface area (TPSA) is 60.7 Å². The molecule has 0 aromatic heterocycles. The molecule has 0 spiro atoms. The smallest absolute Gasteiger partial charge is 0.182 e. The zero-order valence-electron chi connectivity index (χ0n) is 8.98. The molecule has 0 fully saturated rings. The quantitative estimate of drug-likeness (QED) is 0.515. The van der Waals surface area contributed by atoms with Gasteiger partial charge in [0, 0.05) is 5.56 Å². The van der Waals surface area contributed by atoms with Crippen molar-refractivity contribution in [2.75, 3.05) is 0 Å². The molecule has 0 bridgehead atoms. The Morgan fingerprint density at radius 2 is 1.93 bits per heavy atom. The molecule has 1 aromatic rings. The Bertz CT molecular complexity index is 308. The highest BCUT2D eigenvalue weighted by atomic mass is 16.5. The maximum Gasteiger partial charge on any atom is 0.182 e. The number of aliphatic hydroxyl groups is 2. The predicted octanol–water partition coefficient (Wildman–Crippen LogP) is 2.11. The van der Waals surface area contributed by atoms with Crippen molar-refractivity contribution < 1.29 is 15.3 Å². The van der Waals surface area contributed by atoms with E-state index in [2.05, 4.69) is 6.92 Å². The SMILES string of the molecule is CCCCCc1ccc(O)c(C(O)O)c1. The second kappa shape index (κ2) is 5.73. The normalized spacial score (nSPS) is 10.9. The third-order valence-corrected chi connectivity index (χ3v) is 2.44. The van der Waals surface area contributed by atoms with E-state index in [0.29, 0.717) is 0 Å². The van der Waals surface area contributed by atoms with Crippen molar-refractivity contribution in [2.45, 2.75) is 38.9 Å². The molecule has 0 saturated heterocycles. The van der Waals surface area contributed by atoms with Crippen LogP contribution in [0, 0.1) is 0 Å². The molecular formula is C12H18O3. The summed E-state index contributed by atoms with van der Waals surface area (Å²) < 4.78 is 0. The summed E-state index contributed by atoms with van der Waals surface area (Å²) in [5.74, 6) is -0.0655. The number of phenols is 1. The molecule has 0 saturated carbocycles. The summed E-state index contributed by atoms with van der Waals surface area (Å²) in [6, 6.07) is 4.97. The van der Waals surface area contributed by atoms with Gasteiger partial charge in [-0.1, -0.05) is 25.8 Å². The first-order valence-electron chi connectivity index (χ1n) is 5.33. The summed E-state index contributed by atoms with van der Waals surface area (Å²) in [5, 5.41) is 27.3. The fourth-order valence-electron chi connectivity index (χ4n) is 1.55. The van der Waals surface area contributed by atoms with Gasteiger partial charge in [0.1, 0.15) is 5.75 Å². The number of aromatic hydroxyl groups is 1. The molecular weight excluding hydrogens is 192 g/mol. The third kappa shape index (κ3) is 3.53. The maximum atomic E-state index is 9.36. The molecule has 1 aromatic carbocycles. The molecule has 0 radical (unpaired) electrons. The Hall–Kier alpha value is -1.06. The van der Waals surface area contributed by atoms with Crippen LogP contribution in [0.1, 0.15) is 43.6 Å². The van der Waals surface area contributed by atoms with Gasteiger partial charge in [-0.05, 0) is 30.5 Å². The molecule has 15 heavy (non-hydrogen) atoms. The highest BCUT2D eigenvalue weighted by molar-refractivity contribution is 5.36. The average Bonchev–Trinajstić information content (AvgIpc) is 2.20. The summed E-state index contributed by atoms with van der Waals surface area (Å²) in [6.07, 6.45) is 2.72. The lowest BCUT2D eigenvalue weighted by atomic mass is 10.0. The molecule has 0 atom stereocenters. The minimum Gasteiger partial charge on any atom is -0.507 e. The average molecular weight is 210 g/mol. The molecule has 3 nitrogen and oxygen atoms in total. The predicted molar refractivity (Wildman–Crippen MR) is 58.5 cm³/mol. The maximum absolute atomic E-state index is 9.36. The van der Waals surface area contributed by atoms with E-state index in [-0.39, 0.29) is 11.3 Å². The fourth-order valence-corrected chi connectivity index (χ4v) is 1.55. The molecule has 3 heteroatoms. The van der Waals surface area contributed by atoms with E-state index < -0.39 is 6.29 Å². The van der Waals surface area contributed by atoms with Gasteiger partial charge in [0.25, 0.3) is 0 Å². The molecule has 0 heterocycles. The number of aliphatic hydroxyl groups excluding tert-OH is 1. The van der Waals surface area contributed by atoms with Gasteiger partial charge in [0.2, 0.25) is 0 Å². The number of hydrogen-bond donors (Lipinski definition) is 3. The van der Waals surface area contributed by atoms with Gasteiger partial charge < -0.3 is 15.3 Å². The Morgan fingerprint density at radius 3 is 2.53 bits per heavy atom. The van der Waals surface area contributed by atoms with E-state index in [4.69, 9.17) is 10.2 Å². The highest BCUT2D eigenvalue weighted by Gasteiger charge is 2.09. The molecule has 1 rings (SSSR count). The van der Waals surface area contributed by atoms with Gasteiger partial charge in [0.05, 0.1) is 0 Å². The summed E-state index contributed by atoms with van der Waals surface area (Å²) in [4.78, 5) is 0. The van der Waals surface area contributed by atoms with Gasteiger partial charge >= 0.3 is 0 Å². The number of hydrogen-bond acceptors (Lipinski definition) is 3. The number of rotatable bonds is 5. The van der Waals surface area contributed by atoms with Crippen molar-refractivity contribution >= 4 is 0 Å². The van der Waals surface area contributed by atoms with Gasteiger partial charge in [-0.25, -0.2) is 0 Å². The summed E-state index contributed by atoms with van der Waals surface area (Å²) in [5.41, 5.74) is 1.22. The lowest BCUT2D eigenvalue weighted by Crippen LogP contribution is -1.97. The molecule has 0 aliphatic heterocycles. The Labute approximate surface area is 90.0 Å². The fraction of sp³-hybridized carbons (Fsp3) is 0.500. The molecule has 0 aliphatic rings. The summed E-state index contributed by atoms with van der Waals surface area (Å²) >= 11 is 0. The van der Waals surface area contributed by atoms with E-state index in [1.807, 2.05) is 6.07 Å². The first kappa shape index (κ1) is 12.0. The lowest BCUT2D eigenvalue weighted by Gasteiger charge is -2.09. The second-order valence-corrected chi connectivity index (χ2v) is 3.72. The van der Waals surface area contributed by atoms with Crippen LogP contribution in [0.25, 0.3) is 0 Å². The number of phenolic OH excluding ortho intramolecular Hbond substituents is 1. The van der Waals surface area contributed by atoms with Crippen LogP contribution < -0.4 is 0 Å². The highest BCUT2D eigenvalue weighted by Crippen LogP contribution is 2.24. The molecule has 0 unspecified atom stereocenters. The van der Waals surface area contributed by atoms with Crippen LogP contribution in [0.15, 0.2) is 18.2 Å². The van der Waals surface area contributed by atoms with Crippen LogP contribution in [-0.2, 0) is 6.42 Å². The second-order valence-electron chi connectivity index (χ2n) is 3.72. The van der Waals surface area contributed by atoms with Gasteiger partial charge in [-0.2, -0.15) is 0 Å². The Balaban J connectivity index is 2.70. The Morgan fingerprint density at radius 1 is 1.20 bits per heavy atom. The third-order valence-electron chi connectivity index (χ3n) is 2.44. The van der Waals surface area contributed by atoms with E-state index in [1.54, 1.807) is 6.07 Å². The summed E-state index contributed by atoms with van der Waals surface area (Å²) in [6.45, 7) is 2.14. The molecule has 3 N–H and O–H groups in total. The van der Waals surface area contributed by atoms with Crippen LogP contribution in [0.4, 0.5) is 0 Å². The lowest BCUT2D eigenvalue weighted by molar-refractivity contribution is -0.0439. The molecule has 0 amide bonds. The van der Waals surface area contributed by atoms with E-state index in [9.17, 15) is 5.11 Å². The first-order valence-corrected chi connectivity index (χ1v) is 5.33. The van der Waals surface area contributed by atoms with Crippen molar-refractivity contribution in [2.24, 2.45) is 0 Å². The first-order chi connectivity index (χ1) is 7.15. The van der Waals surface area contributed by atoms with Crippen molar-refractivity contribution in [1.82, 2.24) is 0 Å². The van der Waals surface area contributed by atoms with Crippen LogP contribution >= 0.6 is 0 Å². The van der Waals surface area contributed by atoms with Crippen molar-refractivity contribution in [3.05, 3.63) is 29.3 Å². The number of aryl methyl sites for hydroxylation is 1. The minimum atomic E-state index is -1.60. The van der Waals surface area contributed by atoms with Crippen molar-refractivity contribution in [3.63, 3.8) is 0 Å². The zero-order chi connectivity index (χ0) is 11.3. The van der Waals surface area contributed by atoms with Gasteiger partial charge in [-0.15, -0.1) is 0 Å². The number of unbranched alkanes of at least 4 members (excludes halogenated alkanes) is 2. The van der Waals surface area contributed by atoms with Gasteiger partial charge in [0.15, 0.2) is 6.29 Å². The largest absolute Gasteiger partial charge is 0.507 e.